The lowest BCUT2D eigenvalue weighted by Crippen LogP contribution is -2.41. The molecule has 0 spiro atoms. The van der Waals surface area contributed by atoms with E-state index >= 15 is 0 Å². The van der Waals surface area contributed by atoms with E-state index in [1.54, 1.807) is 12.3 Å². The first-order valence-corrected chi connectivity index (χ1v) is 6.31. The van der Waals surface area contributed by atoms with E-state index < -0.39 is 0 Å². The van der Waals surface area contributed by atoms with E-state index in [2.05, 4.69) is 34.9 Å². The topological polar surface area (TPSA) is 39.6 Å². The maximum Gasteiger partial charge on any atom is 0.116 e. The standard InChI is InChI=1S/C15H17N3O/c1-17-10-12-8-13(19)5-6-14(12)18(2)15(17)11-4-3-7-16-9-11/h3-9,15,19H,10H2,1-2H3. The summed E-state index contributed by atoms with van der Waals surface area (Å²) in [6.45, 7) is 0.813. The van der Waals surface area contributed by atoms with Crippen molar-refractivity contribution in [3.05, 3.63) is 53.9 Å². The van der Waals surface area contributed by atoms with Gasteiger partial charge in [0, 0.05) is 37.2 Å². The summed E-state index contributed by atoms with van der Waals surface area (Å²) in [5, 5.41) is 9.60. The number of rotatable bonds is 1. The van der Waals surface area contributed by atoms with E-state index in [0.717, 1.165) is 17.8 Å². The number of hydrogen-bond donors (Lipinski definition) is 1. The molecule has 1 aliphatic heterocycles. The maximum absolute atomic E-state index is 9.60. The molecule has 0 amide bonds. The third-order valence-electron chi connectivity index (χ3n) is 3.63. The SMILES string of the molecule is CN1Cc2cc(O)ccc2N(C)C1c1cccnc1. The molecule has 19 heavy (non-hydrogen) atoms. The van der Waals surface area contributed by atoms with Crippen molar-refractivity contribution in [3.8, 4) is 5.75 Å². The molecule has 2 heterocycles. The number of phenolic OH excluding ortho intramolecular Hbond substituents is 1. The van der Waals surface area contributed by atoms with Crippen molar-refractivity contribution >= 4 is 5.69 Å². The van der Waals surface area contributed by atoms with Gasteiger partial charge in [-0.05, 0) is 36.9 Å². The third kappa shape index (κ3) is 2.04. The molecule has 1 aromatic heterocycles. The fourth-order valence-electron chi connectivity index (χ4n) is 2.83. The number of aromatic nitrogens is 1. The van der Waals surface area contributed by atoms with Crippen LogP contribution in [0.1, 0.15) is 17.3 Å². The van der Waals surface area contributed by atoms with Crippen LogP contribution in [0.25, 0.3) is 0 Å². The summed E-state index contributed by atoms with van der Waals surface area (Å²) in [6, 6.07) is 9.60. The van der Waals surface area contributed by atoms with E-state index in [-0.39, 0.29) is 6.17 Å². The van der Waals surface area contributed by atoms with Gasteiger partial charge in [0.05, 0.1) is 0 Å². The zero-order chi connectivity index (χ0) is 13.4. The summed E-state index contributed by atoms with van der Waals surface area (Å²) in [6.07, 6.45) is 3.87. The lowest BCUT2D eigenvalue weighted by Gasteiger charge is -2.42. The third-order valence-corrected chi connectivity index (χ3v) is 3.63. The Kier molecular flexibility index (Phi) is 2.87. The van der Waals surface area contributed by atoms with Crippen molar-refractivity contribution < 1.29 is 5.11 Å². The minimum atomic E-state index is 0.172. The Labute approximate surface area is 112 Å². The van der Waals surface area contributed by atoms with E-state index in [1.807, 2.05) is 24.4 Å². The Morgan fingerprint density at radius 2 is 2.11 bits per heavy atom. The average Bonchev–Trinajstić information content (AvgIpc) is 2.39. The molecule has 0 saturated heterocycles. The number of fused-ring (bicyclic) bond motifs is 1. The van der Waals surface area contributed by atoms with Crippen molar-refractivity contribution in [3.63, 3.8) is 0 Å². The van der Waals surface area contributed by atoms with Gasteiger partial charge < -0.3 is 10.0 Å². The minimum Gasteiger partial charge on any atom is -0.508 e. The fourth-order valence-corrected chi connectivity index (χ4v) is 2.83. The second kappa shape index (κ2) is 4.55. The highest BCUT2D eigenvalue weighted by molar-refractivity contribution is 5.58. The lowest BCUT2D eigenvalue weighted by molar-refractivity contribution is 0.220. The van der Waals surface area contributed by atoms with Crippen LogP contribution in [0.2, 0.25) is 0 Å². The zero-order valence-corrected chi connectivity index (χ0v) is 11.1. The molecule has 4 nitrogen and oxygen atoms in total. The lowest BCUT2D eigenvalue weighted by atomic mass is 10.0. The molecule has 98 valence electrons. The number of aromatic hydroxyl groups is 1. The van der Waals surface area contributed by atoms with Gasteiger partial charge in [-0.1, -0.05) is 6.07 Å². The highest BCUT2D eigenvalue weighted by Gasteiger charge is 2.29. The molecule has 0 radical (unpaired) electrons. The van der Waals surface area contributed by atoms with Crippen molar-refractivity contribution in [2.75, 3.05) is 19.0 Å². The van der Waals surface area contributed by atoms with Gasteiger partial charge >= 0.3 is 0 Å². The van der Waals surface area contributed by atoms with Crippen molar-refractivity contribution in [1.82, 2.24) is 9.88 Å². The second-order valence-electron chi connectivity index (χ2n) is 5.00. The molecule has 0 aliphatic carbocycles. The molecule has 4 heteroatoms. The molecule has 1 N–H and O–H groups in total. The smallest absolute Gasteiger partial charge is 0.116 e. The van der Waals surface area contributed by atoms with Crippen LogP contribution in [0.3, 0.4) is 0 Å². The summed E-state index contributed by atoms with van der Waals surface area (Å²) in [5.74, 6) is 0.320. The molecule has 1 aromatic carbocycles. The number of hydrogen-bond acceptors (Lipinski definition) is 4. The van der Waals surface area contributed by atoms with Gasteiger partial charge in [0.25, 0.3) is 0 Å². The highest BCUT2D eigenvalue weighted by atomic mass is 16.3. The van der Waals surface area contributed by atoms with Crippen molar-refractivity contribution in [2.24, 2.45) is 0 Å². The van der Waals surface area contributed by atoms with E-state index in [4.69, 9.17) is 0 Å². The van der Waals surface area contributed by atoms with E-state index in [9.17, 15) is 5.11 Å². The summed E-state index contributed by atoms with van der Waals surface area (Å²) in [4.78, 5) is 8.67. The molecule has 0 fully saturated rings. The summed E-state index contributed by atoms with van der Waals surface area (Å²) < 4.78 is 0. The summed E-state index contributed by atoms with van der Waals surface area (Å²) in [7, 11) is 4.16. The summed E-state index contributed by atoms with van der Waals surface area (Å²) in [5.41, 5.74) is 3.47. The Morgan fingerprint density at radius 1 is 1.26 bits per heavy atom. The largest absolute Gasteiger partial charge is 0.508 e. The monoisotopic (exact) mass is 255 g/mol. The fraction of sp³-hybridized carbons (Fsp3) is 0.267. The molecule has 2 aromatic rings. The molecular weight excluding hydrogens is 238 g/mol. The van der Waals surface area contributed by atoms with Gasteiger partial charge in [-0.2, -0.15) is 0 Å². The predicted molar refractivity (Wildman–Crippen MR) is 75.0 cm³/mol. The number of nitrogens with zero attached hydrogens (tertiary/aromatic N) is 3. The number of pyridine rings is 1. The normalized spacial score (nSPS) is 19.3. The quantitative estimate of drug-likeness (QED) is 0.849. The maximum atomic E-state index is 9.60. The van der Waals surface area contributed by atoms with Crippen LogP contribution in [-0.4, -0.2) is 29.1 Å². The van der Waals surface area contributed by atoms with Crippen LogP contribution in [0, 0.1) is 0 Å². The van der Waals surface area contributed by atoms with Gasteiger partial charge in [-0.15, -0.1) is 0 Å². The molecule has 1 unspecified atom stereocenters. The summed E-state index contributed by atoms with van der Waals surface area (Å²) >= 11 is 0. The molecule has 1 aliphatic rings. The highest BCUT2D eigenvalue weighted by Crippen LogP contribution is 2.37. The Morgan fingerprint density at radius 3 is 2.84 bits per heavy atom. The van der Waals surface area contributed by atoms with Crippen LogP contribution < -0.4 is 4.90 Å². The molecular formula is C15H17N3O. The molecule has 3 rings (SSSR count). The van der Waals surface area contributed by atoms with E-state index in [0.29, 0.717) is 5.75 Å². The number of anilines is 1. The molecule has 1 atom stereocenters. The zero-order valence-electron chi connectivity index (χ0n) is 11.1. The van der Waals surface area contributed by atoms with Gasteiger partial charge in [0.1, 0.15) is 11.9 Å². The number of benzene rings is 1. The van der Waals surface area contributed by atoms with Gasteiger partial charge in [-0.25, -0.2) is 0 Å². The minimum absolute atomic E-state index is 0.172. The van der Waals surface area contributed by atoms with Crippen molar-refractivity contribution in [1.29, 1.82) is 0 Å². The predicted octanol–water partition coefficient (Wildman–Crippen LogP) is 2.37. The average molecular weight is 255 g/mol. The van der Waals surface area contributed by atoms with Gasteiger partial charge in [-0.3, -0.25) is 9.88 Å². The Bertz CT molecular complexity index is 585. The van der Waals surface area contributed by atoms with Crippen LogP contribution in [0.15, 0.2) is 42.7 Å². The molecule has 0 saturated carbocycles. The first kappa shape index (κ1) is 12.0. The van der Waals surface area contributed by atoms with E-state index in [1.165, 1.54) is 5.56 Å². The Hall–Kier alpha value is -2.07. The first-order chi connectivity index (χ1) is 9.16. The van der Waals surface area contributed by atoms with Crippen LogP contribution in [0.5, 0.6) is 5.75 Å². The van der Waals surface area contributed by atoms with Gasteiger partial charge in [0.15, 0.2) is 0 Å². The van der Waals surface area contributed by atoms with Crippen molar-refractivity contribution in [2.45, 2.75) is 12.7 Å². The number of phenols is 1. The first-order valence-electron chi connectivity index (χ1n) is 6.31. The molecule has 0 bridgehead atoms. The van der Waals surface area contributed by atoms with Crippen LogP contribution >= 0.6 is 0 Å². The Balaban J connectivity index is 2.03. The van der Waals surface area contributed by atoms with Gasteiger partial charge in [0.2, 0.25) is 0 Å². The van der Waals surface area contributed by atoms with Crippen LogP contribution in [-0.2, 0) is 6.54 Å². The van der Waals surface area contributed by atoms with Crippen LogP contribution in [0.4, 0.5) is 5.69 Å². The second-order valence-corrected chi connectivity index (χ2v) is 5.00.